The lowest BCUT2D eigenvalue weighted by molar-refractivity contribution is -0.140. The largest absolute Gasteiger partial charge is 0.497 e. The number of hydrogen-bond donors (Lipinski definition) is 0. The first kappa shape index (κ1) is 18.2. The molecule has 1 fully saturated rings. The van der Waals surface area contributed by atoms with Crippen LogP contribution in [0.4, 0.5) is 0 Å². The number of fused-ring (bicyclic) bond motifs is 1. The van der Waals surface area contributed by atoms with Crippen molar-refractivity contribution in [1.82, 2.24) is 9.80 Å². The number of methoxy groups -OCH3 is 1. The Morgan fingerprint density at radius 1 is 1.12 bits per heavy atom. The Bertz CT molecular complexity index is 700. The van der Waals surface area contributed by atoms with Crippen LogP contribution in [-0.4, -0.2) is 48.2 Å². The van der Waals surface area contributed by atoms with Gasteiger partial charge >= 0.3 is 0 Å². The zero-order chi connectivity index (χ0) is 18.7. The molecule has 1 aromatic rings. The fourth-order valence-electron chi connectivity index (χ4n) is 3.58. The fraction of sp³-hybridized carbons (Fsp3) is 0.450. The summed E-state index contributed by atoms with van der Waals surface area (Å²) in [6, 6.07) is 7.53. The number of allylic oxidation sites excluding steroid dienone is 2. The first-order valence-electron chi connectivity index (χ1n) is 8.88. The van der Waals surface area contributed by atoms with Crippen molar-refractivity contribution in [2.24, 2.45) is 11.8 Å². The van der Waals surface area contributed by atoms with E-state index in [1.165, 1.54) is 4.90 Å². The van der Waals surface area contributed by atoms with E-state index in [0.29, 0.717) is 19.4 Å². The molecule has 1 aliphatic carbocycles. The lowest BCUT2D eigenvalue weighted by Crippen LogP contribution is -2.36. The van der Waals surface area contributed by atoms with Gasteiger partial charge < -0.3 is 9.64 Å². The van der Waals surface area contributed by atoms with Crippen LogP contribution < -0.4 is 4.74 Å². The van der Waals surface area contributed by atoms with Gasteiger partial charge in [0, 0.05) is 26.6 Å². The zero-order valence-corrected chi connectivity index (χ0v) is 15.2. The number of carbonyl (C=O) groups excluding carboxylic acids is 3. The molecule has 6 heteroatoms. The molecule has 1 aromatic carbocycles. The van der Waals surface area contributed by atoms with Crippen LogP contribution in [0.3, 0.4) is 0 Å². The molecule has 0 aromatic heterocycles. The van der Waals surface area contributed by atoms with E-state index in [4.69, 9.17) is 4.74 Å². The molecule has 3 rings (SSSR count). The van der Waals surface area contributed by atoms with Gasteiger partial charge in [-0.1, -0.05) is 24.3 Å². The number of benzene rings is 1. The monoisotopic (exact) mass is 356 g/mol. The topological polar surface area (TPSA) is 66.9 Å². The minimum atomic E-state index is -0.236. The number of likely N-dealkylation sites (tertiary alicyclic amines) is 1. The van der Waals surface area contributed by atoms with Crippen LogP contribution >= 0.6 is 0 Å². The number of hydrogen-bond acceptors (Lipinski definition) is 4. The number of imide groups is 1. The van der Waals surface area contributed by atoms with Crippen molar-refractivity contribution in [3.8, 4) is 5.75 Å². The zero-order valence-electron chi connectivity index (χ0n) is 15.2. The molecule has 3 amide bonds. The molecular formula is C20H24N2O4. The van der Waals surface area contributed by atoms with Gasteiger partial charge in [0.2, 0.25) is 17.7 Å². The average molecular weight is 356 g/mol. The molecule has 2 unspecified atom stereocenters. The summed E-state index contributed by atoms with van der Waals surface area (Å²) in [7, 11) is 3.33. The fourth-order valence-corrected chi connectivity index (χ4v) is 3.58. The summed E-state index contributed by atoms with van der Waals surface area (Å²) in [4.78, 5) is 40.1. The standard InChI is InChI=1S/C20H24N2O4/c1-21(13-14-7-9-15(26-2)10-8-14)18(23)11-12-22-19(24)16-5-3-4-6-17(16)20(22)25/h3-4,7-10,16-17H,5-6,11-13H2,1-2H3. The minimum absolute atomic E-state index is 0.0885. The Hall–Kier alpha value is -2.63. The molecule has 0 N–H and O–H groups in total. The van der Waals surface area contributed by atoms with Gasteiger partial charge in [-0.3, -0.25) is 19.3 Å². The molecule has 0 saturated carbocycles. The van der Waals surface area contributed by atoms with E-state index in [1.807, 2.05) is 36.4 Å². The molecule has 2 aliphatic rings. The van der Waals surface area contributed by atoms with E-state index in [1.54, 1.807) is 19.1 Å². The number of amides is 3. The maximum atomic E-state index is 12.4. The molecule has 6 nitrogen and oxygen atoms in total. The van der Waals surface area contributed by atoms with E-state index in [0.717, 1.165) is 11.3 Å². The maximum absolute atomic E-state index is 12.4. The van der Waals surface area contributed by atoms with Crippen molar-refractivity contribution in [1.29, 1.82) is 0 Å². The van der Waals surface area contributed by atoms with Crippen LogP contribution in [0.25, 0.3) is 0 Å². The lowest BCUT2D eigenvalue weighted by atomic mass is 9.85. The highest BCUT2D eigenvalue weighted by atomic mass is 16.5. The highest BCUT2D eigenvalue weighted by Gasteiger charge is 2.46. The van der Waals surface area contributed by atoms with Crippen LogP contribution in [0.1, 0.15) is 24.8 Å². The smallest absolute Gasteiger partial charge is 0.233 e. The van der Waals surface area contributed by atoms with Gasteiger partial charge in [0.05, 0.1) is 18.9 Å². The maximum Gasteiger partial charge on any atom is 0.233 e. The Morgan fingerprint density at radius 2 is 1.69 bits per heavy atom. The summed E-state index contributed by atoms with van der Waals surface area (Å²) in [6.45, 7) is 0.635. The number of rotatable bonds is 6. The third-order valence-electron chi connectivity index (χ3n) is 5.15. The molecule has 1 heterocycles. The van der Waals surface area contributed by atoms with Crippen molar-refractivity contribution >= 4 is 17.7 Å². The van der Waals surface area contributed by atoms with Crippen LogP contribution in [0.5, 0.6) is 5.75 Å². The van der Waals surface area contributed by atoms with E-state index in [2.05, 4.69) is 0 Å². The van der Waals surface area contributed by atoms with Crippen molar-refractivity contribution < 1.29 is 19.1 Å². The summed E-state index contributed by atoms with van der Waals surface area (Å²) >= 11 is 0. The second-order valence-corrected chi connectivity index (χ2v) is 6.83. The lowest BCUT2D eigenvalue weighted by Gasteiger charge is -2.20. The van der Waals surface area contributed by atoms with Crippen LogP contribution in [0, 0.1) is 11.8 Å². The van der Waals surface area contributed by atoms with Gasteiger partial charge in [-0.15, -0.1) is 0 Å². The molecule has 0 bridgehead atoms. The number of nitrogens with zero attached hydrogens (tertiary/aromatic N) is 2. The molecule has 1 aliphatic heterocycles. The highest BCUT2D eigenvalue weighted by molar-refractivity contribution is 6.05. The van der Waals surface area contributed by atoms with Crippen LogP contribution in [0.2, 0.25) is 0 Å². The summed E-state index contributed by atoms with van der Waals surface area (Å²) in [5.74, 6) is -0.0525. The SMILES string of the molecule is COc1ccc(CN(C)C(=O)CCN2C(=O)C3CC=CCC3C2=O)cc1. The second kappa shape index (κ2) is 7.72. The Morgan fingerprint density at radius 3 is 2.23 bits per heavy atom. The number of ether oxygens (including phenoxy) is 1. The third kappa shape index (κ3) is 3.64. The van der Waals surface area contributed by atoms with E-state index < -0.39 is 0 Å². The summed E-state index contributed by atoms with van der Waals surface area (Å²) < 4.78 is 5.12. The minimum Gasteiger partial charge on any atom is -0.497 e. The van der Waals surface area contributed by atoms with Crippen LogP contribution in [-0.2, 0) is 20.9 Å². The summed E-state index contributed by atoms with van der Waals surface area (Å²) in [5.41, 5.74) is 0.993. The second-order valence-electron chi connectivity index (χ2n) is 6.83. The predicted molar refractivity (Wildman–Crippen MR) is 96.2 cm³/mol. The van der Waals surface area contributed by atoms with E-state index in [9.17, 15) is 14.4 Å². The molecule has 26 heavy (non-hydrogen) atoms. The van der Waals surface area contributed by atoms with E-state index >= 15 is 0 Å². The van der Waals surface area contributed by atoms with Gasteiger partial charge in [-0.25, -0.2) is 0 Å². The van der Waals surface area contributed by atoms with Crippen LogP contribution in [0.15, 0.2) is 36.4 Å². The Kier molecular flexibility index (Phi) is 5.40. The quantitative estimate of drug-likeness (QED) is 0.578. The van der Waals surface area contributed by atoms with E-state index in [-0.39, 0.29) is 42.5 Å². The average Bonchev–Trinajstić information content (AvgIpc) is 2.91. The summed E-state index contributed by atoms with van der Waals surface area (Å²) in [6.07, 6.45) is 5.32. The third-order valence-corrected chi connectivity index (χ3v) is 5.15. The summed E-state index contributed by atoms with van der Waals surface area (Å²) in [5, 5.41) is 0. The van der Waals surface area contributed by atoms with Crippen molar-refractivity contribution in [3.05, 3.63) is 42.0 Å². The van der Waals surface area contributed by atoms with Crippen molar-refractivity contribution in [2.45, 2.75) is 25.8 Å². The van der Waals surface area contributed by atoms with Gasteiger partial charge in [0.1, 0.15) is 5.75 Å². The Labute approximate surface area is 153 Å². The first-order valence-corrected chi connectivity index (χ1v) is 8.88. The molecular weight excluding hydrogens is 332 g/mol. The molecule has 1 saturated heterocycles. The molecule has 2 atom stereocenters. The van der Waals surface area contributed by atoms with Gasteiger partial charge in [0.15, 0.2) is 0 Å². The van der Waals surface area contributed by atoms with Crippen molar-refractivity contribution in [2.75, 3.05) is 20.7 Å². The first-order chi connectivity index (χ1) is 12.5. The molecule has 0 radical (unpaired) electrons. The van der Waals surface area contributed by atoms with Crippen molar-refractivity contribution in [3.63, 3.8) is 0 Å². The van der Waals surface area contributed by atoms with Gasteiger partial charge in [-0.05, 0) is 30.5 Å². The Balaban J connectivity index is 1.53. The van der Waals surface area contributed by atoms with Gasteiger partial charge in [0.25, 0.3) is 0 Å². The van der Waals surface area contributed by atoms with Gasteiger partial charge in [-0.2, -0.15) is 0 Å². The molecule has 0 spiro atoms. The molecule has 138 valence electrons. The highest BCUT2D eigenvalue weighted by Crippen LogP contribution is 2.35. The predicted octanol–water partition coefficient (Wildman–Crippen LogP) is 1.99. The number of carbonyl (C=O) groups is 3. The normalized spacial score (nSPS) is 21.7.